The molecule has 0 aliphatic heterocycles. The van der Waals surface area contributed by atoms with Gasteiger partial charge in [-0.15, -0.1) is 0 Å². The van der Waals surface area contributed by atoms with E-state index in [4.69, 9.17) is 27.9 Å². The number of ether oxygens (including phenoxy) is 1. The monoisotopic (exact) mass is 349 g/mol. The highest BCUT2D eigenvalue weighted by molar-refractivity contribution is 6.44. The highest BCUT2D eigenvalue weighted by atomic mass is 35.5. The molecule has 0 unspecified atom stereocenters. The number of benzene rings is 2. The van der Waals surface area contributed by atoms with E-state index in [1.54, 1.807) is 18.2 Å². The van der Waals surface area contributed by atoms with Crippen molar-refractivity contribution in [2.45, 2.75) is 19.4 Å². The lowest BCUT2D eigenvalue weighted by Crippen LogP contribution is -2.12. The second-order valence-corrected chi connectivity index (χ2v) is 6.50. The smallest absolute Gasteiger partial charge is 0.257 e. The van der Waals surface area contributed by atoms with Gasteiger partial charge < -0.3 is 10.1 Å². The maximum absolute atomic E-state index is 12.3. The Morgan fingerprint density at radius 2 is 1.96 bits per heavy atom. The van der Waals surface area contributed by atoms with Crippen molar-refractivity contribution in [2.24, 2.45) is 5.92 Å². The standard InChI is InChI=1S/C18H17Cl2NO2/c19-16-6-2-5-15(17(16)20)18(22)21-14-4-1-3-13(9-14)11-23-10-12-7-8-12/h1-6,9,12H,7-8,10-11H2,(H,21,22). The minimum absolute atomic E-state index is 0.260. The summed E-state index contributed by atoms with van der Waals surface area (Å²) in [7, 11) is 0. The van der Waals surface area contributed by atoms with Crippen molar-refractivity contribution in [1.82, 2.24) is 0 Å². The Hall–Kier alpha value is -1.55. The lowest BCUT2D eigenvalue weighted by molar-refractivity contribution is 0.102. The Kier molecular flexibility index (Phi) is 5.21. The summed E-state index contributed by atoms with van der Waals surface area (Å²) >= 11 is 12.0. The average Bonchev–Trinajstić information content (AvgIpc) is 3.34. The van der Waals surface area contributed by atoms with E-state index >= 15 is 0 Å². The van der Waals surface area contributed by atoms with Crippen LogP contribution < -0.4 is 5.32 Å². The van der Waals surface area contributed by atoms with Crippen LogP contribution in [0.3, 0.4) is 0 Å². The number of carbonyl (C=O) groups excluding carboxylic acids is 1. The van der Waals surface area contributed by atoms with E-state index in [0.29, 0.717) is 22.9 Å². The lowest BCUT2D eigenvalue weighted by atomic mass is 10.2. The second-order valence-electron chi connectivity index (χ2n) is 5.71. The van der Waals surface area contributed by atoms with Gasteiger partial charge in [0, 0.05) is 12.3 Å². The highest BCUT2D eigenvalue weighted by Crippen LogP contribution is 2.29. The van der Waals surface area contributed by atoms with Crippen molar-refractivity contribution in [1.29, 1.82) is 0 Å². The predicted octanol–water partition coefficient (Wildman–Crippen LogP) is 5.17. The predicted molar refractivity (Wildman–Crippen MR) is 93.2 cm³/mol. The van der Waals surface area contributed by atoms with Crippen LogP contribution in [-0.2, 0) is 11.3 Å². The molecule has 2 aromatic rings. The molecule has 23 heavy (non-hydrogen) atoms. The average molecular weight is 350 g/mol. The molecule has 1 amide bonds. The molecule has 3 rings (SSSR count). The van der Waals surface area contributed by atoms with E-state index < -0.39 is 0 Å². The molecule has 0 atom stereocenters. The summed E-state index contributed by atoms with van der Waals surface area (Å²) < 4.78 is 5.67. The quantitative estimate of drug-likeness (QED) is 0.780. The molecule has 0 heterocycles. The molecule has 1 N–H and O–H groups in total. The zero-order valence-corrected chi connectivity index (χ0v) is 14.0. The van der Waals surface area contributed by atoms with Crippen molar-refractivity contribution >= 4 is 34.8 Å². The number of nitrogens with one attached hydrogen (secondary N) is 1. The van der Waals surface area contributed by atoms with Crippen LogP contribution in [0, 0.1) is 5.92 Å². The number of halogens is 2. The Morgan fingerprint density at radius 1 is 1.17 bits per heavy atom. The molecule has 120 valence electrons. The maximum Gasteiger partial charge on any atom is 0.257 e. The molecule has 0 spiro atoms. The topological polar surface area (TPSA) is 38.3 Å². The van der Waals surface area contributed by atoms with Gasteiger partial charge in [0.15, 0.2) is 0 Å². The summed E-state index contributed by atoms with van der Waals surface area (Å²) in [6.07, 6.45) is 2.55. The number of hydrogen-bond donors (Lipinski definition) is 1. The third-order valence-electron chi connectivity index (χ3n) is 3.70. The first-order valence-electron chi connectivity index (χ1n) is 7.55. The van der Waals surface area contributed by atoms with Crippen LogP contribution in [0.1, 0.15) is 28.8 Å². The Balaban J connectivity index is 1.64. The fraction of sp³-hybridized carbons (Fsp3) is 0.278. The molecule has 3 nitrogen and oxygen atoms in total. The van der Waals surface area contributed by atoms with Crippen LogP contribution in [0.4, 0.5) is 5.69 Å². The molecule has 1 aliphatic carbocycles. The number of carbonyl (C=O) groups is 1. The maximum atomic E-state index is 12.3. The molecule has 0 bridgehead atoms. The van der Waals surface area contributed by atoms with Gasteiger partial charge in [-0.05, 0) is 48.6 Å². The van der Waals surface area contributed by atoms with Gasteiger partial charge in [-0.2, -0.15) is 0 Å². The molecule has 0 radical (unpaired) electrons. The molecule has 1 fully saturated rings. The van der Waals surface area contributed by atoms with E-state index in [1.807, 2.05) is 24.3 Å². The number of rotatable bonds is 6. The molecule has 0 aromatic heterocycles. The van der Waals surface area contributed by atoms with Gasteiger partial charge in [0.2, 0.25) is 0 Å². The van der Waals surface area contributed by atoms with E-state index in [-0.39, 0.29) is 10.9 Å². The molecular formula is C18H17Cl2NO2. The minimum atomic E-state index is -0.284. The Morgan fingerprint density at radius 3 is 2.74 bits per heavy atom. The first kappa shape index (κ1) is 16.3. The first-order valence-corrected chi connectivity index (χ1v) is 8.31. The van der Waals surface area contributed by atoms with E-state index in [0.717, 1.165) is 18.1 Å². The third kappa shape index (κ3) is 4.47. The second kappa shape index (κ2) is 7.35. The van der Waals surface area contributed by atoms with Crippen molar-refractivity contribution in [2.75, 3.05) is 11.9 Å². The molecule has 0 saturated heterocycles. The van der Waals surface area contributed by atoms with Gasteiger partial charge >= 0.3 is 0 Å². The largest absolute Gasteiger partial charge is 0.376 e. The van der Waals surface area contributed by atoms with Crippen molar-refractivity contribution < 1.29 is 9.53 Å². The Labute approximate surface area is 145 Å². The van der Waals surface area contributed by atoms with Gasteiger partial charge in [-0.3, -0.25) is 4.79 Å². The zero-order valence-electron chi connectivity index (χ0n) is 12.5. The summed E-state index contributed by atoms with van der Waals surface area (Å²) in [5.41, 5.74) is 2.09. The van der Waals surface area contributed by atoms with Crippen LogP contribution in [-0.4, -0.2) is 12.5 Å². The SMILES string of the molecule is O=C(Nc1cccc(COCC2CC2)c1)c1cccc(Cl)c1Cl. The van der Waals surface area contributed by atoms with Crippen LogP contribution in [0.2, 0.25) is 10.0 Å². The van der Waals surface area contributed by atoms with E-state index in [1.165, 1.54) is 12.8 Å². The lowest BCUT2D eigenvalue weighted by Gasteiger charge is -2.09. The minimum Gasteiger partial charge on any atom is -0.376 e. The molecule has 5 heteroatoms. The number of amides is 1. The fourth-order valence-electron chi connectivity index (χ4n) is 2.24. The summed E-state index contributed by atoms with van der Waals surface area (Å²) in [5.74, 6) is 0.455. The van der Waals surface area contributed by atoms with Gasteiger partial charge in [-0.25, -0.2) is 0 Å². The van der Waals surface area contributed by atoms with Crippen LogP contribution >= 0.6 is 23.2 Å². The summed E-state index contributed by atoms with van der Waals surface area (Å²) in [5, 5.41) is 3.46. The third-order valence-corrected chi connectivity index (χ3v) is 4.52. The van der Waals surface area contributed by atoms with Crippen LogP contribution in [0.15, 0.2) is 42.5 Å². The van der Waals surface area contributed by atoms with E-state index in [9.17, 15) is 4.79 Å². The molecule has 2 aromatic carbocycles. The van der Waals surface area contributed by atoms with Crippen molar-refractivity contribution in [3.8, 4) is 0 Å². The van der Waals surface area contributed by atoms with Gasteiger partial charge in [0.25, 0.3) is 5.91 Å². The van der Waals surface area contributed by atoms with Crippen LogP contribution in [0.25, 0.3) is 0 Å². The molecular weight excluding hydrogens is 333 g/mol. The molecule has 1 aliphatic rings. The summed E-state index contributed by atoms with van der Waals surface area (Å²) in [6.45, 7) is 1.37. The van der Waals surface area contributed by atoms with Gasteiger partial charge in [-0.1, -0.05) is 41.4 Å². The van der Waals surface area contributed by atoms with Gasteiger partial charge in [0.05, 0.1) is 22.2 Å². The highest BCUT2D eigenvalue weighted by Gasteiger charge is 2.21. The van der Waals surface area contributed by atoms with Crippen LogP contribution in [0.5, 0.6) is 0 Å². The first-order chi connectivity index (χ1) is 11.1. The number of hydrogen-bond acceptors (Lipinski definition) is 2. The van der Waals surface area contributed by atoms with E-state index in [2.05, 4.69) is 5.32 Å². The zero-order chi connectivity index (χ0) is 16.2. The van der Waals surface area contributed by atoms with Crippen molar-refractivity contribution in [3.63, 3.8) is 0 Å². The molecule has 1 saturated carbocycles. The van der Waals surface area contributed by atoms with Gasteiger partial charge in [0.1, 0.15) is 0 Å². The fourth-order valence-corrected chi connectivity index (χ4v) is 2.63. The normalized spacial score (nSPS) is 13.8. The Bertz CT molecular complexity index is 714. The number of anilines is 1. The summed E-state index contributed by atoms with van der Waals surface area (Å²) in [6, 6.07) is 12.6. The van der Waals surface area contributed by atoms with Crippen molar-refractivity contribution in [3.05, 3.63) is 63.6 Å². The summed E-state index contributed by atoms with van der Waals surface area (Å²) in [4.78, 5) is 12.3.